The Morgan fingerprint density at radius 3 is 2.58 bits per heavy atom. The maximum absolute atomic E-state index is 13.3. The Morgan fingerprint density at radius 1 is 0.935 bits per heavy atom. The number of nitrogens with one attached hydrogen (secondary N) is 2. The van der Waals surface area contributed by atoms with Gasteiger partial charge >= 0.3 is 0 Å². The molecule has 0 spiro atoms. The van der Waals surface area contributed by atoms with Crippen LogP contribution in [0.2, 0.25) is 5.02 Å². The maximum atomic E-state index is 13.3. The summed E-state index contributed by atoms with van der Waals surface area (Å²) in [6.45, 7) is 0.795. The number of amides is 1. The van der Waals surface area contributed by atoms with Gasteiger partial charge in [-0.05, 0) is 42.0 Å². The summed E-state index contributed by atoms with van der Waals surface area (Å²) in [5.41, 5.74) is 2.14. The van der Waals surface area contributed by atoms with Gasteiger partial charge in [0.2, 0.25) is 0 Å². The molecular formula is C24H20ClFN4O. The van der Waals surface area contributed by atoms with Crippen LogP contribution in [0.4, 0.5) is 10.2 Å². The molecule has 0 atom stereocenters. The molecule has 0 unspecified atom stereocenters. The lowest BCUT2D eigenvalue weighted by molar-refractivity contribution is 0.0954. The number of carbonyl (C=O) groups excluding carboxylic acids is 1. The van der Waals surface area contributed by atoms with Gasteiger partial charge in [0.05, 0.1) is 5.52 Å². The molecule has 31 heavy (non-hydrogen) atoms. The Labute approximate surface area is 184 Å². The normalized spacial score (nSPS) is 10.8. The number of fused-ring (bicyclic) bond motifs is 1. The number of carbonyl (C=O) groups is 1. The van der Waals surface area contributed by atoms with E-state index in [4.69, 9.17) is 11.6 Å². The first kappa shape index (κ1) is 20.8. The van der Waals surface area contributed by atoms with Crippen molar-refractivity contribution in [3.05, 3.63) is 101 Å². The van der Waals surface area contributed by atoms with E-state index in [1.807, 2.05) is 42.5 Å². The second kappa shape index (κ2) is 9.53. The minimum Gasteiger partial charge on any atom is -0.368 e. The van der Waals surface area contributed by atoms with Crippen LogP contribution in [0.3, 0.4) is 0 Å². The zero-order chi connectivity index (χ0) is 21.6. The molecular weight excluding hydrogens is 415 g/mol. The van der Waals surface area contributed by atoms with Crippen molar-refractivity contribution in [2.45, 2.75) is 6.42 Å². The van der Waals surface area contributed by atoms with Gasteiger partial charge in [0, 0.05) is 35.5 Å². The van der Waals surface area contributed by atoms with E-state index in [1.165, 1.54) is 18.2 Å². The van der Waals surface area contributed by atoms with E-state index in [1.54, 1.807) is 12.1 Å². The van der Waals surface area contributed by atoms with Crippen LogP contribution in [0.25, 0.3) is 10.9 Å². The lowest BCUT2D eigenvalue weighted by atomic mass is 10.1. The van der Waals surface area contributed by atoms with E-state index >= 15 is 0 Å². The van der Waals surface area contributed by atoms with Crippen molar-refractivity contribution in [2.24, 2.45) is 0 Å². The average Bonchev–Trinajstić information content (AvgIpc) is 2.77. The van der Waals surface area contributed by atoms with Crippen molar-refractivity contribution in [1.29, 1.82) is 0 Å². The zero-order valence-corrected chi connectivity index (χ0v) is 17.4. The third-order valence-electron chi connectivity index (χ3n) is 4.70. The molecule has 0 aliphatic heterocycles. The van der Waals surface area contributed by atoms with Crippen molar-refractivity contribution in [1.82, 2.24) is 15.3 Å². The molecule has 0 radical (unpaired) electrons. The lowest BCUT2D eigenvalue weighted by Crippen LogP contribution is -2.29. The fourth-order valence-corrected chi connectivity index (χ4v) is 3.40. The SMILES string of the molecule is O=C(NCCNc1nc(Cc2ccccc2)nc2cc(Cl)ccc12)c1cccc(F)c1. The molecule has 4 aromatic rings. The summed E-state index contributed by atoms with van der Waals surface area (Å²) in [7, 11) is 0. The van der Waals surface area contributed by atoms with E-state index in [2.05, 4.69) is 20.6 Å². The highest BCUT2D eigenvalue weighted by Crippen LogP contribution is 2.24. The summed E-state index contributed by atoms with van der Waals surface area (Å²) in [5, 5.41) is 7.49. The number of nitrogens with zero attached hydrogens (tertiary/aromatic N) is 2. The Morgan fingerprint density at radius 2 is 1.77 bits per heavy atom. The van der Waals surface area contributed by atoms with Crippen LogP contribution < -0.4 is 10.6 Å². The highest BCUT2D eigenvalue weighted by Gasteiger charge is 2.10. The van der Waals surface area contributed by atoms with Crippen LogP contribution in [0.1, 0.15) is 21.7 Å². The lowest BCUT2D eigenvalue weighted by Gasteiger charge is -2.12. The van der Waals surface area contributed by atoms with Crippen molar-refractivity contribution in [3.63, 3.8) is 0 Å². The molecule has 156 valence electrons. The number of anilines is 1. The predicted octanol–water partition coefficient (Wildman–Crippen LogP) is 4.86. The molecule has 0 saturated carbocycles. The molecule has 1 aromatic heterocycles. The van der Waals surface area contributed by atoms with Gasteiger partial charge in [0.25, 0.3) is 5.91 Å². The summed E-state index contributed by atoms with van der Waals surface area (Å²) in [6, 6.07) is 21.1. The number of halogens is 2. The summed E-state index contributed by atoms with van der Waals surface area (Å²) >= 11 is 6.16. The standard InChI is InChI=1S/C24H20ClFN4O/c25-18-9-10-20-21(15-18)29-22(13-16-5-2-1-3-6-16)30-23(20)27-11-12-28-24(31)17-7-4-8-19(26)14-17/h1-10,14-15H,11-13H2,(H,28,31)(H,27,29,30). The zero-order valence-electron chi connectivity index (χ0n) is 16.6. The third kappa shape index (κ3) is 5.35. The first-order valence-electron chi connectivity index (χ1n) is 9.86. The van der Waals surface area contributed by atoms with E-state index in [9.17, 15) is 9.18 Å². The summed E-state index contributed by atoms with van der Waals surface area (Å²) in [6.07, 6.45) is 0.592. The number of hydrogen-bond donors (Lipinski definition) is 2. The Hall–Kier alpha value is -3.51. The molecule has 2 N–H and O–H groups in total. The number of benzene rings is 3. The van der Waals surface area contributed by atoms with Crippen molar-refractivity contribution in [3.8, 4) is 0 Å². The van der Waals surface area contributed by atoms with E-state index in [0.29, 0.717) is 36.2 Å². The van der Waals surface area contributed by atoms with Gasteiger partial charge < -0.3 is 10.6 Å². The van der Waals surface area contributed by atoms with Gasteiger partial charge in [-0.3, -0.25) is 4.79 Å². The van der Waals surface area contributed by atoms with Crippen LogP contribution in [0.15, 0.2) is 72.8 Å². The Bertz CT molecular complexity index is 1220. The average molecular weight is 435 g/mol. The predicted molar refractivity (Wildman–Crippen MR) is 121 cm³/mol. The van der Waals surface area contributed by atoms with Gasteiger partial charge in [-0.1, -0.05) is 48.0 Å². The van der Waals surface area contributed by atoms with Gasteiger partial charge in [-0.15, -0.1) is 0 Å². The first-order valence-corrected chi connectivity index (χ1v) is 10.2. The van der Waals surface area contributed by atoms with Crippen molar-refractivity contribution < 1.29 is 9.18 Å². The molecule has 0 fully saturated rings. The number of rotatable bonds is 7. The maximum Gasteiger partial charge on any atom is 0.251 e. The third-order valence-corrected chi connectivity index (χ3v) is 4.94. The largest absolute Gasteiger partial charge is 0.368 e. The van der Waals surface area contributed by atoms with Crippen LogP contribution in [-0.4, -0.2) is 29.0 Å². The molecule has 1 heterocycles. The van der Waals surface area contributed by atoms with Crippen molar-refractivity contribution >= 4 is 34.2 Å². The summed E-state index contributed by atoms with van der Waals surface area (Å²) < 4.78 is 13.3. The highest BCUT2D eigenvalue weighted by atomic mass is 35.5. The molecule has 7 heteroatoms. The van der Waals surface area contributed by atoms with Crippen molar-refractivity contribution in [2.75, 3.05) is 18.4 Å². The van der Waals surface area contributed by atoms with Crippen LogP contribution in [0.5, 0.6) is 0 Å². The Kier molecular flexibility index (Phi) is 6.38. The van der Waals surface area contributed by atoms with Crippen LogP contribution >= 0.6 is 11.6 Å². The molecule has 3 aromatic carbocycles. The second-order valence-corrected chi connectivity index (χ2v) is 7.44. The van der Waals surface area contributed by atoms with Crippen LogP contribution in [0, 0.1) is 5.82 Å². The monoisotopic (exact) mass is 434 g/mol. The summed E-state index contributed by atoms with van der Waals surface area (Å²) in [5.74, 6) is 0.577. The highest BCUT2D eigenvalue weighted by molar-refractivity contribution is 6.31. The van der Waals surface area contributed by atoms with Gasteiger partial charge in [0.15, 0.2) is 0 Å². The van der Waals surface area contributed by atoms with Gasteiger partial charge in [-0.2, -0.15) is 0 Å². The molecule has 1 amide bonds. The minimum atomic E-state index is -0.442. The molecule has 0 aliphatic carbocycles. The second-order valence-electron chi connectivity index (χ2n) is 7.01. The Balaban J connectivity index is 1.47. The fourth-order valence-electron chi connectivity index (χ4n) is 3.23. The quantitative estimate of drug-likeness (QED) is 0.408. The molecule has 0 aliphatic rings. The van der Waals surface area contributed by atoms with E-state index in [0.717, 1.165) is 16.5 Å². The summed E-state index contributed by atoms with van der Waals surface area (Å²) in [4.78, 5) is 21.5. The molecule has 4 rings (SSSR count). The molecule has 0 saturated heterocycles. The minimum absolute atomic E-state index is 0.285. The van der Waals surface area contributed by atoms with Crippen LogP contribution in [-0.2, 0) is 6.42 Å². The first-order chi connectivity index (χ1) is 15.1. The molecule has 5 nitrogen and oxygen atoms in total. The number of hydrogen-bond acceptors (Lipinski definition) is 4. The number of aromatic nitrogens is 2. The molecule has 0 bridgehead atoms. The van der Waals surface area contributed by atoms with E-state index < -0.39 is 5.82 Å². The smallest absolute Gasteiger partial charge is 0.251 e. The van der Waals surface area contributed by atoms with E-state index in [-0.39, 0.29) is 11.5 Å². The van der Waals surface area contributed by atoms with Gasteiger partial charge in [0.1, 0.15) is 17.5 Å². The fraction of sp³-hybridized carbons (Fsp3) is 0.125. The van der Waals surface area contributed by atoms with Gasteiger partial charge in [-0.25, -0.2) is 14.4 Å². The topological polar surface area (TPSA) is 66.9 Å².